The second-order valence-electron chi connectivity index (χ2n) is 4.36. The monoisotopic (exact) mass is 236 g/mol. The fourth-order valence-electron chi connectivity index (χ4n) is 2.02. The lowest BCUT2D eigenvalue weighted by Crippen LogP contribution is -2.04. The first kappa shape index (κ1) is 11.5. The van der Waals surface area contributed by atoms with Gasteiger partial charge in [-0.2, -0.15) is 0 Å². The minimum absolute atomic E-state index is 0.452. The van der Waals surface area contributed by atoms with E-state index >= 15 is 0 Å². The van der Waals surface area contributed by atoms with Crippen LogP contribution in [0.15, 0.2) is 18.2 Å². The summed E-state index contributed by atoms with van der Waals surface area (Å²) in [6.45, 7) is 4.98. The molecule has 2 rings (SSSR count). The molecule has 0 fully saturated rings. The molecule has 1 aromatic heterocycles. The number of fused-ring (bicyclic) bond motifs is 1. The summed E-state index contributed by atoms with van der Waals surface area (Å²) in [5, 5.41) is 1.92. The van der Waals surface area contributed by atoms with Crippen molar-refractivity contribution >= 4 is 22.5 Å². The Balaban J connectivity index is 2.51. The number of aromatic nitrogens is 1. The minimum Gasteiger partial charge on any atom is -0.358 e. The second kappa shape index (κ2) is 4.48. The highest BCUT2D eigenvalue weighted by Gasteiger charge is 2.11. The topological polar surface area (TPSA) is 41.8 Å². The third-order valence-corrected chi connectivity index (χ3v) is 3.43. The van der Waals surface area contributed by atoms with Gasteiger partial charge < -0.3 is 10.7 Å². The molecule has 3 N–H and O–H groups in total. The van der Waals surface area contributed by atoms with E-state index in [-0.39, 0.29) is 0 Å². The Hall–Kier alpha value is -0.990. The number of rotatable bonds is 3. The van der Waals surface area contributed by atoms with Gasteiger partial charge in [0.2, 0.25) is 0 Å². The number of halogens is 1. The molecule has 0 aliphatic rings. The Bertz CT molecular complexity index is 463. The van der Waals surface area contributed by atoms with E-state index in [9.17, 15) is 0 Å². The molecule has 1 heterocycles. The van der Waals surface area contributed by atoms with Gasteiger partial charge in [0, 0.05) is 16.1 Å². The van der Waals surface area contributed by atoms with Crippen LogP contribution in [0.2, 0.25) is 5.02 Å². The summed E-state index contributed by atoms with van der Waals surface area (Å²) in [4.78, 5) is 3.45. The van der Waals surface area contributed by atoms with Crippen molar-refractivity contribution in [2.75, 3.05) is 6.54 Å². The van der Waals surface area contributed by atoms with E-state index < -0.39 is 0 Å². The number of H-pyrrole nitrogens is 1. The average Bonchev–Trinajstić information content (AvgIpc) is 2.70. The fourth-order valence-corrected chi connectivity index (χ4v) is 2.23. The van der Waals surface area contributed by atoms with Crippen LogP contribution < -0.4 is 5.73 Å². The predicted molar refractivity (Wildman–Crippen MR) is 70.1 cm³/mol. The van der Waals surface area contributed by atoms with E-state index in [4.69, 9.17) is 17.3 Å². The van der Waals surface area contributed by atoms with Crippen molar-refractivity contribution < 1.29 is 0 Å². The number of aryl methyl sites for hydroxylation is 1. The maximum absolute atomic E-state index is 6.18. The Labute approximate surface area is 101 Å². The molecule has 2 aromatic rings. The molecule has 0 radical (unpaired) electrons. The molecule has 1 unspecified atom stereocenters. The van der Waals surface area contributed by atoms with Crippen LogP contribution in [0, 0.1) is 6.92 Å². The van der Waals surface area contributed by atoms with Gasteiger partial charge in [0.25, 0.3) is 0 Å². The van der Waals surface area contributed by atoms with Gasteiger partial charge in [-0.25, -0.2) is 0 Å². The van der Waals surface area contributed by atoms with Gasteiger partial charge in [0.15, 0.2) is 0 Å². The van der Waals surface area contributed by atoms with Crippen LogP contribution in [0.5, 0.6) is 0 Å². The van der Waals surface area contributed by atoms with Crippen molar-refractivity contribution in [3.05, 3.63) is 34.5 Å². The summed E-state index contributed by atoms with van der Waals surface area (Å²) in [5.41, 5.74) is 9.17. The van der Waals surface area contributed by atoms with Crippen LogP contribution >= 0.6 is 11.6 Å². The van der Waals surface area contributed by atoms with Crippen LogP contribution in [0.3, 0.4) is 0 Å². The summed E-state index contributed by atoms with van der Waals surface area (Å²) in [7, 11) is 0. The number of nitrogens with one attached hydrogen (secondary N) is 1. The minimum atomic E-state index is 0.452. The lowest BCUT2D eigenvalue weighted by molar-refractivity contribution is 0.676. The first-order valence-electron chi connectivity index (χ1n) is 5.61. The normalized spacial score (nSPS) is 13.2. The standard InChI is InChI=1S/C13H17ClN2/c1-8(5-6-15)12-7-10-11(14)4-3-9(2)13(10)16-12/h3-4,7-8,16H,5-6,15H2,1-2H3. The van der Waals surface area contributed by atoms with Crippen LogP contribution in [-0.2, 0) is 0 Å². The molecule has 0 saturated carbocycles. The van der Waals surface area contributed by atoms with E-state index in [2.05, 4.69) is 24.9 Å². The van der Waals surface area contributed by atoms with Crippen molar-refractivity contribution in [3.8, 4) is 0 Å². The molecule has 0 bridgehead atoms. The largest absolute Gasteiger partial charge is 0.358 e. The zero-order chi connectivity index (χ0) is 11.7. The van der Waals surface area contributed by atoms with Gasteiger partial charge >= 0.3 is 0 Å². The molecule has 0 spiro atoms. The van der Waals surface area contributed by atoms with Gasteiger partial charge in [-0.05, 0) is 43.5 Å². The van der Waals surface area contributed by atoms with Crippen LogP contribution in [-0.4, -0.2) is 11.5 Å². The third kappa shape index (κ3) is 1.95. The molecule has 2 nitrogen and oxygen atoms in total. The molecular weight excluding hydrogens is 220 g/mol. The van der Waals surface area contributed by atoms with Crippen LogP contribution in [0.4, 0.5) is 0 Å². The highest BCUT2D eigenvalue weighted by Crippen LogP contribution is 2.30. The van der Waals surface area contributed by atoms with Gasteiger partial charge in [-0.15, -0.1) is 0 Å². The maximum Gasteiger partial charge on any atom is 0.0500 e. The molecular formula is C13H17ClN2. The fraction of sp³-hybridized carbons (Fsp3) is 0.385. The van der Waals surface area contributed by atoms with Crippen molar-refractivity contribution in [1.29, 1.82) is 0 Å². The quantitative estimate of drug-likeness (QED) is 0.841. The number of hydrogen-bond donors (Lipinski definition) is 2. The van der Waals surface area contributed by atoms with E-state index in [1.807, 2.05) is 12.1 Å². The zero-order valence-corrected chi connectivity index (χ0v) is 10.4. The van der Waals surface area contributed by atoms with Crippen molar-refractivity contribution in [3.63, 3.8) is 0 Å². The lowest BCUT2D eigenvalue weighted by Gasteiger charge is -2.06. The Morgan fingerprint density at radius 1 is 1.44 bits per heavy atom. The summed E-state index contributed by atoms with van der Waals surface area (Å²) >= 11 is 6.18. The summed E-state index contributed by atoms with van der Waals surface area (Å²) in [6.07, 6.45) is 0.990. The van der Waals surface area contributed by atoms with E-state index in [1.54, 1.807) is 0 Å². The Morgan fingerprint density at radius 3 is 2.81 bits per heavy atom. The average molecular weight is 237 g/mol. The van der Waals surface area contributed by atoms with E-state index in [1.165, 1.54) is 11.3 Å². The van der Waals surface area contributed by atoms with Gasteiger partial charge in [0.1, 0.15) is 0 Å². The molecule has 1 aromatic carbocycles. The first-order chi connectivity index (χ1) is 7.63. The molecule has 86 valence electrons. The third-order valence-electron chi connectivity index (χ3n) is 3.10. The van der Waals surface area contributed by atoms with Gasteiger partial charge in [-0.1, -0.05) is 24.6 Å². The molecule has 1 atom stereocenters. The van der Waals surface area contributed by atoms with Crippen molar-refractivity contribution in [1.82, 2.24) is 4.98 Å². The summed E-state index contributed by atoms with van der Waals surface area (Å²) in [5.74, 6) is 0.452. The lowest BCUT2D eigenvalue weighted by atomic mass is 10.0. The van der Waals surface area contributed by atoms with E-state index in [0.29, 0.717) is 12.5 Å². The first-order valence-corrected chi connectivity index (χ1v) is 5.99. The Morgan fingerprint density at radius 2 is 2.19 bits per heavy atom. The van der Waals surface area contributed by atoms with Crippen molar-refractivity contribution in [2.45, 2.75) is 26.2 Å². The second-order valence-corrected chi connectivity index (χ2v) is 4.76. The van der Waals surface area contributed by atoms with Crippen LogP contribution in [0.25, 0.3) is 10.9 Å². The highest BCUT2D eigenvalue weighted by molar-refractivity contribution is 6.35. The number of hydrogen-bond acceptors (Lipinski definition) is 1. The smallest absolute Gasteiger partial charge is 0.0500 e. The SMILES string of the molecule is Cc1ccc(Cl)c2cc(C(C)CCN)[nH]c12. The van der Waals surface area contributed by atoms with Gasteiger partial charge in [0.05, 0.1) is 5.52 Å². The highest BCUT2D eigenvalue weighted by atomic mass is 35.5. The zero-order valence-electron chi connectivity index (χ0n) is 9.68. The van der Waals surface area contributed by atoms with E-state index in [0.717, 1.165) is 22.3 Å². The molecule has 0 aliphatic heterocycles. The van der Waals surface area contributed by atoms with Gasteiger partial charge in [-0.3, -0.25) is 0 Å². The number of benzene rings is 1. The Kier molecular flexibility index (Phi) is 3.22. The molecule has 3 heteroatoms. The predicted octanol–water partition coefficient (Wildman–Crippen LogP) is 3.58. The summed E-state index contributed by atoms with van der Waals surface area (Å²) < 4.78 is 0. The van der Waals surface area contributed by atoms with Crippen molar-refractivity contribution in [2.24, 2.45) is 5.73 Å². The number of nitrogens with two attached hydrogens (primary N) is 1. The molecule has 16 heavy (non-hydrogen) atoms. The maximum atomic E-state index is 6.18. The number of aromatic amines is 1. The van der Waals surface area contributed by atoms with Crippen LogP contribution in [0.1, 0.15) is 30.5 Å². The molecule has 0 aliphatic carbocycles. The summed E-state index contributed by atoms with van der Waals surface area (Å²) in [6, 6.07) is 6.13. The molecule has 0 saturated heterocycles. The molecule has 0 amide bonds.